The largest absolute Gasteiger partial charge is 0.354 e. The van der Waals surface area contributed by atoms with Crippen molar-refractivity contribution in [3.8, 4) is 0 Å². The van der Waals surface area contributed by atoms with Crippen molar-refractivity contribution in [2.45, 2.75) is 78.8 Å². The molecule has 0 radical (unpaired) electrons. The minimum absolute atomic E-state index is 0.0804. The Morgan fingerprint density at radius 2 is 1.59 bits per heavy atom. The number of carbonyl (C=O) groups is 2. The minimum Gasteiger partial charge on any atom is -0.354 e. The number of rotatable bonds is 10. The third-order valence-corrected chi connectivity index (χ3v) is 6.62. The van der Waals surface area contributed by atoms with E-state index in [0.717, 1.165) is 5.56 Å². The fourth-order valence-electron chi connectivity index (χ4n) is 3.76. The van der Waals surface area contributed by atoms with E-state index in [1.807, 2.05) is 20.8 Å². The summed E-state index contributed by atoms with van der Waals surface area (Å²) >= 11 is 12.8. The average molecular weight is 506 g/mol. The van der Waals surface area contributed by atoms with Crippen LogP contribution >= 0.6 is 23.2 Å². The number of halogens is 2. The van der Waals surface area contributed by atoms with E-state index in [1.165, 1.54) is 5.56 Å². The summed E-state index contributed by atoms with van der Waals surface area (Å²) in [6, 6.07) is 13.1. The highest BCUT2D eigenvalue weighted by Gasteiger charge is 2.29. The molecule has 0 aromatic heterocycles. The first-order valence-electron chi connectivity index (χ1n) is 12.0. The lowest BCUT2D eigenvalue weighted by Crippen LogP contribution is -2.49. The first-order chi connectivity index (χ1) is 15.9. The maximum atomic E-state index is 13.5. The third kappa shape index (κ3) is 8.02. The lowest BCUT2D eigenvalue weighted by atomic mass is 9.86. The van der Waals surface area contributed by atoms with Crippen LogP contribution in [0.4, 0.5) is 0 Å². The molecule has 0 fully saturated rings. The molecule has 0 aliphatic heterocycles. The fourth-order valence-corrected chi connectivity index (χ4v) is 4.28. The van der Waals surface area contributed by atoms with Gasteiger partial charge in [-0.1, -0.05) is 95.1 Å². The predicted molar refractivity (Wildman–Crippen MR) is 142 cm³/mol. The lowest BCUT2D eigenvalue weighted by Gasteiger charge is -2.31. The number of benzene rings is 2. The van der Waals surface area contributed by atoms with Crippen molar-refractivity contribution in [2.75, 3.05) is 6.54 Å². The Labute approximate surface area is 215 Å². The summed E-state index contributed by atoms with van der Waals surface area (Å²) < 4.78 is 0. The molecule has 6 heteroatoms. The Hall–Kier alpha value is -2.04. The van der Waals surface area contributed by atoms with Gasteiger partial charge < -0.3 is 10.2 Å². The molecule has 0 spiro atoms. The smallest absolute Gasteiger partial charge is 0.242 e. The summed E-state index contributed by atoms with van der Waals surface area (Å²) in [6.45, 7) is 13.3. The highest BCUT2D eigenvalue weighted by molar-refractivity contribution is 6.36. The normalized spacial score (nSPS) is 12.5. The molecule has 0 aliphatic rings. The molecule has 2 aromatic rings. The Kier molecular flexibility index (Phi) is 10.5. The Bertz CT molecular complexity index is 945. The van der Waals surface area contributed by atoms with Gasteiger partial charge in [0.2, 0.25) is 11.8 Å². The van der Waals surface area contributed by atoms with Crippen LogP contribution in [0.15, 0.2) is 42.5 Å². The van der Waals surface area contributed by atoms with E-state index in [4.69, 9.17) is 23.2 Å². The third-order valence-electron chi connectivity index (χ3n) is 5.91. The van der Waals surface area contributed by atoms with Crippen LogP contribution in [-0.2, 0) is 28.0 Å². The van der Waals surface area contributed by atoms with E-state index >= 15 is 0 Å². The first-order valence-corrected chi connectivity index (χ1v) is 12.8. The van der Waals surface area contributed by atoms with E-state index in [0.29, 0.717) is 47.3 Å². The summed E-state index contributed by atoms with van der Waals surface area (Å²) in [4.78, 5) is 28.1. The molecule has 1 atom stereocenters. The van der Waals surface area contributed by atoms with E-state index < -0.39 is 6.04 Å². The summed E-state index contributed by atoms with van der Waals surface area (Å²) in [5.41, 5.74) is 3.08. The van der Waals surface area contributed by atoms with Crippen molar-refractivity contribution in [1.29, 1.82) is 0 Å². The van der Waals surface area contributed by atoms with Crippen LogP contribution in [0.3, 0.4) is 0 Å². The highest BCUT2D eigenvalue weighted by Crippen LogP contribution is 2.28. The SMILES string of the molecule is CC[C@H](C(=O)NCC(C)C)N(Cc1c(Cl)cccc1Cl)C(=O)CCc1ccc(C(C)(C)C)cc1. The second-order valence-corrected chi connectivity index (χ2v) is 11.0. The zero-order valence-corrected chi connectivity index (χ0v) is 22.8. The number of hydrogen-bond donors (Lipinski definition) is 1. The van der Waals surface area contributed by atoms with Gasteiger partial charge in [-0.3, -0.25) is 9.59 Å². The van der Waals surface area contributed by atoms with Gasteiger partial charge in [0.1, 0.15) is 6.04 Å². The molecule has 186 valence electrons. The van der Waals surface area contributed by atoms with Gasteiger partial charge in [0.15, 0.2) is 0 Å². The topological polar surface area (TPSA) is 49.4 Å². The molecule has 0 aliphatic carbocycles. The van der Waals surface area contributed by atoms with Crippen LogP contribution in [0.1, 0.15) is 71.1 Å². The maximum Gasteiger partial charge on any atom is 0.242 e. The highest BCUT2D eigenvalue weighted by atomic mass is 35.5. The average Bonchev–Trinajstić information content (AvgIpc) is 2.77. The summed E-state index contributed by atoms with van der Waals surface area (Å²) in [5, 5.41) is 3.95. The van der Waals surface area contributed by atoms with Gasteiger partial charge in [-0.15, -0.1) is 0 Å². The van der Waals surface area contributed by atoms with Crippen molar-refractivity contribution in [3.63, 3.8) is 0 Å². The maximum absolute atomic E-state index is 13.5. The molecule has 1 N–H and O–H groups in total. The van der Waals surface area contributed by atoms with Gasteiger partial charge in [0.05, 0.1) is 0 Å². The van der Waals surface area contributed by atoms with Gasteiger partial charge in [-0.25, -0.2) is 0 Å². The van der Waals surface area contributed by atoms with Gasteiger partial charge >= 0.3 is 0 Å². The molecule has 0 heterocycles. The van der Waals surface area contributed by atoms with Crippen molar-refractivity contribution in [2.24, 2.45) is 5.92 Å². The minimum atomic E-state index is -0.596. The predicted octanol–water partition coefficient (Wildman–Crippen LogP) is 6.80. The van der Waals surface area contributed by atoms with Crippen molar-refractivity contribution >= 4 is 35.0 Å². The zero-order chi connectivity index (χ0) is 25.5. The van der Waals surface area contributed by atoms with Gasteiger partial charge in [0.25, 0.3) is 0 Å². The summed E-state index contributed by atoms with van der Waals surface area (Å²) in [7, 11) is 0. The first kappa shape index (κ1) is 28.2. The molecule has 34 heavy (non-hydrogen) atoms. The van der Waals surface area contributed by atoms with Crippen LogP contribution in [0, 0.1) is 5.92 Å². The van der Waals surface area contributed by atoms with Crippen LogP contribution in [0.25, 0.3) is 0 Å². The van der Waals surface area contributed by atoms with Crippen molar-refractivity contribution < 1.29 is 9.59 Å². The molecule has 2 amide bonds. The Balaban J connectivity index is 2.24. The van der Waals surface area contributed by atoms with E-state index in [9.17, 15) is 9.59 Å². The quantitative estimate of drug-likeness (QED) is 0.386. The standard InChI is InChI=1S/C28H38Cl2N2O2/c1-7-25(27(34)31-17-19(2)3)32(18-22-23(29)9-8-10-24(22)30)26(33)16-13-20-11-14-21(15-12-20)28(4,5)6/h8-12,14-15,19,25H,7,13,16-18H2,1-6H3,(H,31,34)/t25-/m1/s1. The van der Waals surface area contributed by atoms with E-state index in [-0.39, 0.29) is 23.8 Å². The second kappa shape index (κ2) is 12.6. The molecule has 2 rings (SSSR count). The molecule has 0 saturated heterocycles. The van der Waals surface area contributed by atoms with E-state index in [1.54, 1.807) is 23.1 Å². The Morgan fingerprint density at radius 1 is 1.00 bits per heavy atom. The zero-order valence-electron chi connectivity index (χ0n) is 21.3. The van der Waals surface area contributed by atoms with Gasteiger partial charge in [-0.2, -0.15) is 0 Å². The number of amides is 2. The monoisotopic (exact) mass is 504 g/mol. The summed E-state index contributed by atoms with van der Waals surface area (Å²) in [5.74, 6) is 0.0735. The molecule has 2 aromatic carbocycles. The van der Waals surface area contributed by atoms with Gasteiger partial charge in [0, 0.05) is 35.1 Å². The van der Waals surface area contributed by atoms with E-state index in [2.05, 4.69) is 50.4 Å². The van der Waals surface area contributed by atoms with Crippen molar-refractivity contribution in [3.05, 3.63) is 69.2 Å². The number of nitrogens with one attached hydrogen (secondary N) is 1. The van der Waals surface area contributed by atoms with Crippen LogP contribution in [0.5, 0.6) is 0 Å². The lowest BCUT2D eigenvalue weighted by molar-refractivity contribution is -0.141. The molecule has 0 saturated carbocycles. The Morgan fingerprint density at radius 3 is 2.09 bits per heavy atom. The molecule has 4 nitrogen and oxygen atoms in total. The van der Waals surface area contributed by atoms with Crippen LogP contribution < -0.4 is 5.32 Å². The number of carbonyl (C=O) groups excluding carboxylic acids is 2. The van der Waals surface area contributed by atoms with Gasteiger partial charge in [-0.05, 0) is 47.4 Å². The number of hydrogen-bond acceptors (Lipinski definition) is 2. The number of aryl methyl sites for hydroxylation is 1. The molecular formula is C28H38Cl2N2O2. The summed E-state index contributed by atoms with van der Waals surface area (Å²) in [6.07, 6.45) is 1.39. The molecule has 0 unspecified atom stereocenters. The van der Waals surface area contributed by atoms with Crippen LogP contribution in [0.2, 0.25) is 10.0 Å². The molecular weight excluding hydrogens is 467 g/mol. The molecule has 0 bridgehead atoms. The fraction of sp³-hybridized carbons (Fsp3) is 0.500. The second-order valence-electron chi connectivity index (χ2n) is 10.2. The number of nitrogens with zero attached hydrogens (tertiary/aromatic N) is 1. The van der Waals surface area contributed by atoms with Crippen molar-refractivity contribution in [1.82, 2.24) is 10.2 Å². The van der Waals surface area contributed by atoms with Crippen LogP contribution in [-0.4, -0.2) is 29.3 Å².